The van der Waals surface area contributed by atoms with E-state index in [4.69, 9.17) is 4.74 Å². The first-order valence-corrected chi connectivity index (χ1v) is 5.17. The van der Waals surface area contributed by atoms with Gasteiger partial charge >= 0.3 is 6.09 Å². The lowest BCUT2D eigenvalue weighted by atomic mass is 10.4. The number of alkyl halides is 1. The van der Waals surface area contributed by atoms with Crippen molar-refractivity contribution < 1.29 is 9.53 Å². The van der Waals surface area contributed by atoms with Crippen molar-refractivity contribution in [2.24, 2.45) is 0 Å². The van der Waals surface area contributed by atoms with Gasteiger partial charge in [0.15, 0.2) is 0 Å². The SMILES string of the molecule is CC(C)OC(=O)N(C)CCCBr. The predicted molar refractivity (Wildman–Crippen MR) is 52.7 cm³/mol. The van der Waals surface area contributed by atoms with Gasteiger partial charge in [0, 0.05) is 18.9 Å². The summed E-state index contributed by atoms with van der Waals surface area (Å²) in [7, 11) is 1.74. The average molecular weight is 238 g/mol. The number of halogens is 1. The fraction of sp³-hybridized carbons (Fsp3) is 0.875. The molecule has 0 aromatic carbocycles. The second-order valence-corrected chi connectivity index (χ2v) is 3.69. The van der Waals surface area contributed by atoms with Crippen molar-refractivity contribution in [2.75, 3.05) is 18.9 Å². The molecule has 0 saturated carbocycles. The van der Waals surface area contributed by atoms with Crippen molar-refractivity contribution in [2.45, 2.75) is 26.4 Å². The minimum Gasteiger partial charge on any atom is -0.447 e. The molecule has 4 heteroatoms. The van der Waals surface area contributed by atoms with Gasteiger partial charge in [-0.25, -0.2) is 4.79 Å². The zero-order chi connectivity index (χ0) is 9.56. The quantitative estimate of drug-likeness (QED) is 0.703. The van der Waals surface area contributed by atoms with E-state index in [1.165, 1.54) is 0 Å². The molecule has 0 heterocycles. The van der Waals surface area contributed by atoms with Crippen LogP contribution in [0, 0.1) is 0 Å². The Bertz CT molecular complexity index is 139. The second kappa shape index (κ2) is 6.29. The van der Waals surface area contributed by atoms with Crippen LogP contribution in [0.2, 0.25) is 0 Å². The molecule has 0 atom stereocenters. The smallest absolute Gasteiger partial charge is 0.409 e. The molecular weight excluding hydrogens is 222 g/mol. The van der Waals surface area contributed by atoms with Gasteiger partial charge in [0.05, 0.1) is 6.10 Å². The van der Waals surface area contributed by atoms with Crippen LogP contribution in [0.4, 0.5) is 4.79 Å². The fourth-order valence-electron chi connectivity index (χ4n) is 0.680. The Hall–Kier alpha value is -0.250. The van der Waals surface area contributed by atoms with Crippen LogP contribution in [0.25, 0.3) is 0 Å². The summed E-state index contributed by atoms with van der Waals surface area (Å²) in [6.45, 7) is 4.42. The van der Waals surface area contributed by atoms with Crippen molar-refractivity contribution in [1.82, 2.24) is 4.90 Å². The first-order valence-electron chi connectivity index (χ1n) is 4.05. The van der Waals surface area contributed by atoms with Crippen LogP contribution < -0.4 is 0 Å². The van der Waals surface area contributed by atoms with E-state index in [1.54, 1.807) is 11.9 Å². The van der Waals surface area contributed by atoms with E-state index in [1.807, 2.05) is 13.8 Å². The van der Waals surface area contributed by atoms with Crippen LogP contribution >= 0.6 is 15.9 Å². The number of carbonyl (C=O) groups excluding carboxylic acids is 1. The molecule has 1 amide bonds. The van der Waals surface area contributed by atoms with Gasteiger partial charge in [0.25, 0.3) is 0 Å². The molecule has 3 nitrogen and oxygen atoms in total. The monoisotopic (exact) mass is 237 g/mol. The summed E-state index contributed by atoms with van der Waals surface area (Å²) < 4.78 is 4.98. The van der Waals surface area contributed by atoms with Crippen LogP contribution in [0.15, 0.2) is 0 Å². The van der Waals surface area contributed by atoms with E-state index in [0.29, 0.717) is 0 Å². The Morgan fingerprint density at radius 1 is 1.58 bits per heavy atom. The van der Waals surface area contributed by atoms with Gasteiger partial charge in [-0.3, -0.25) is 0 Å². The maximum absolute atomic E-state index is 11.1. The van der Waals surface area contributed by atoms with Gasteiger partial charge in [0.2, 0.25) is 0 Å². The number of rotatable bonds is 4. The van der Waals surface area contributed by atoms with E-state index in [-0.39, 0.29) is 12.2 Å². The number of nitrogens with zero attached hydrogens (tertiary/aromatic N) is 1. The average Bonchev–Trinajstić information content (AvgIpc) is 1.98. The van der Waals surface area contributed by atoms with Crippen LogP contribution in [-0.2, 0) is 4.74 Å². The number of hydrogen-bond acceptors (Lipinski definition) is 2. The molecule has 0 spiro atoms. The maximum Gasteiger partial charge on any atom is 0.409 e. The van der Waals surface area contributed by atoms with Crippen molar-refractivity contribution in [3.05, 3.63) is 0 Å². The number of carbonyl (C=O) groups is 1. The lowest BCUT2D eigenvalue weighted by molar-refractivity contribution is 0.0842. The third kappa shape index (κ3) is 5.41. The Labute approximate surface area is 82.2 Å². The van der Waals surface area contributed by atoms with Crippen molar-refractivity contribution in [3.63, 3.8) is 0 Å². The van der Waals surface area contributed by atoms with Gasteiger partial charge in [-0.1, -0.05) is 15.9 Å². The summed E-state index contributed by atoms with van der Waals surface area (Å²) in [6.07, 6.45) is 0.666. The molecule has 0 bridgehead atoms. The summed E-state index contributed by atoms with van der Waals surface area (Å²) in [4.78, 5) is 12.7. The molecule has 0 rings (SSSR count). The molecule has 0 N–H and O–H groups in total. The highest BCUT2D eigenvalue weighted by molar-refractivity contribution is 9.09. The summed E-state index contributed by atoms with van der Waals surface area (Å²) in [5.41, 5.74) is 0. The zero-order valence-electron chi connectivity index (χ0n) is 7.84. The third-order valence-electron chi connectivity index (χ3n) is 1.28. The van der Waals surface area contributed by atoms with Crippen LogP contribution in [-0.4, -0.2) is 36.0 Å². The van der Waals surface area contributed by atoms with Crippen molar-refractivity contribution in [1.29, 1.82) is 0 Å². The highest BCUT2D eigenvalue weighted by atomic mass is 79.9. The van der Waals surface area contributed by atoms with Gasteiger partial charge in [0.1, 0.15) is 0 Å². The first-order chi connectivity index (χ1) is 5.57. The highest BCUT2D eigenvalue weighted by Crippen LogP contribution is 1.97. The lowest BCUT2D eigenvalue weighted by Gasteiger charge is -2.17. The highest BCUT2D eigenvalue weighted by Gasteiger charge is 2.10. The van der Waals surface area contributed by atoms with E-state index in [9.17, 15) is 4.79 Å². The van der Waals surface area contributed by atoms with E-state index in [2.05, 4.69) is 15.9 Å². The Kier molecular flexibility index (Phi) is 6.16. The van der Waals surface area contributed by atoms with Crippen LogP contribution in [0.3, 0.4) is 0 Å². The zero-order valence-corrected chi connectivity index (χ0v) is 9.43. The van der Waals surface area contributed by atoms with Crippen LogP contribution in [0.1, 0.15) is 20.3 Å². The lowest BCUT2D eigenvalue weighted by Crippen LogP contribution is -2.30. The molecule has 0 fully saturated rings. The summed E-state index contributed by atoms with van der Waals surface area (Å²) in [5.74, 6) is 0. The van der Waals surface area contributed by atoms with Crippen LogP contribution in [0.5, 0.6) is 0 Å². The molecule has 0 aliphatic rings. The summed E-state index contributed by atoms with van der Waals surface area (Å²) in [6, 6.07) is 0. The Balaban J connectivity index is 3.61. The predicted octanol–water partition coefficient (Wildman–Crippen LogP) is 2.25. The molecule has 0 aromatic heterocycles. The molecule has 0 aromatic rings. The minimum absolute atomic E-state index is 0.0380. The molecule has 72 valence electrons. The molecular formula is C8H16BrNO2. The maximum atomic E-state index is 11.1. The number of hydrogen-bond donors (Lipinski definition) is 0. The van der Waals surface area contributed by atoms with Crippen molar-refractivity contribution in [3.8, 4) is 0 Å². The Morgan fingerprint density at radius 2 is 2.17 bits per heavy atom. The summed E-state index contributed by atoms with van der Waals surface area (Å²) >= 11 is 3.30. The largest absolute Gasteiger partial charge is 0.447 e. The second-order valence-electron chi connectivity index (χ2n) is 2.90. The molecule has 0 aliphatic carbocycles. The normalized spacial score (nSPS) is 10.1. The number of ether oxygens (including phenoxy) is 1. The van der Waals surface area contributed by atoms with E-state index >= 15 is 0 Å². The molecule has 0 radical (unpaired) electrons. The van der Waals surface area contributed by atoms with Gasteiger partial charge in [-0.05, 0) is 20.3 Å². The molecule has 12 heavy (non-hydrogen) atoms. The van der Waals surface area contributed by atoms with Gasteiger partial charge in [-0.2, -0.15) is 0 Å². The van der Waals surface area contributed by atoms with E-state index in [0.717, 1.165) is 18.3 Å². The fourth-order valence-corrected chi connectivity index (χ4v) is 0.931. The minimum atomic E-state index is -0.244. The summed E-state index contributed by atoms with van der Waals surface area (Å²) in [5, 5.41) is 0.909. The number of amides is 1. The molecule has 0 saturated heterocycles. The topological polar surface area (TPSA) is 29.5 Å². The molecule has 0 unspecified atom stereocenters. The van der Waals surface area contributed by atoms with Gasteiger partial charge in [-0.15, -0.1) is 0 Å². The third-order valence-corrected chi connectivity index (χ3v) is 1.84. The van der Waals surface area contributed by atoms with Gasteiger partial charge < -0.3 is 9.64 Å². The first kappa shape index (κ1) is 11.8. The standard InChI is InChI=1S/C8H16BrNO2/c1-7(2)12-8(11)10(3)6-4-5-9/h7H,4-6H2,1-3H3. The molecule has 0 aliphatic heterocycles. The van der Waals surface area contributed by atoms with Crippen molar-refractivity contribution >= 4 is 22.0 Å². The van der Waals surface area contributed by atoms with E-state index < -0.39 is 0 Å². The Morgan fingerprint density at radius 3 is 2.58 bits per heavy atom.